The maximum atomic E-state index is 12.7. The summed E-state index contributed by atoms with van der Waals surface area (Å²) in [6.07, 6.45) is 0.861. The van der Waals surface area contributed by atoms with E-state index in [-0.39, 0.29) is 24.8 Å². The Balaban J connectivity index is 1.63. The van der Waals surface area contributed by atoms with Crippen LogP contribution in [0.4, 0.5) is 0 Å². The maximum absolute atomic E-state index is 12.7. The predicted octanol–water partition coefficient (Wildman–Crippen LogP) is 3.95. The van der Waals surface area contributed by atoms with Gasteiger partial charge in [-0.05, 0) is 59.7 Å². The molecule has 34 heavy (non-hydrogen) atoms. The van der Waals surface area contributed by atoms with Crippen molar-refractivity contribution in [3.63, 3.8) is 0 Å². The molecule has 0 saturated heterocycles. The fourth-order valence-electron chi connectivity index (χ4n) is 5.48. The average Bonchev–Trinajstić information content (AvgIpc) is 3.30. The predicted molar refractivity (Wildman–Crippen MR) is 125 cm³/mol. The van der Waals surface area contributed by atoms with Crippen LogP contribution in [0, 0.1) is 11.8 Å². The number of carbonyl (C=O) groups is 2. The van der Waals surface area contributed by atoms with E-state index in [1.165, 1.54) is 19.8 Å². The summed E-state index contributed by atoms with van der Waals surface area (Å²) >= 11 is 0. The minimum Gasteiger partial charge on any atom is -0.469 e. The van der Waals surface area contributed by atoms with Crippen molar-refractivity contribution >= 4 is 17.5 Å². The minimum absolute atomic E-state index is 0.0602. The summed E-state index contributed by atoms with van der Waals surface area (Å²) in [6, 6.07) is 14.5. The third kappa shape index (κ3) is 3.94. The van der Waals surface area contributed by atoms with E-state index >= 15 is 0 Å². The maximum Gasteiger partial charge on any atom is 0.309 e. The van der Waals surface area contributed by atoms with E-state index in [0.29, 0.717) is 25.1 Å². The molecule has 3 atom stereocenters. The highest BCUT2D eigenvalue weighted by atomic mass is 16.7. The zero-order valence-corrected chi connectivity index (χ0v) is 19.7. The molecule has 0 N–H and O–H groups in total. The Morgan fingerprint density at radius 1 is 0.971 bits per heavy atom. The third-order valence-corrected chi connectivity index (χ3v) is 7.32. The highest BCUT2D eigenvalue weighted by Gasteiger charge is 2.44. The number of allylic oxidation sites excluding steroid dienone is 1. The molecule has 2 heterocycles. The summed E-state index contributed by atoms with van der Waals surface area (Å²) < 4.78 is 21.5. The van der Waals surface area contributed by atoms with E-state index in [4.69, 9.17) is 18.9 Å². The second-order valence-corrected chi connectivity index (χ2v) is 9.10. The average molecular weight is 464 g/mol. The number of benzene rings is 2. The number of carbonyl (C=O) groups excluding carboxylic acids is 2. The van der Waals surface area contributed by atoms with Crippen LogP contribution >= 0.6 is 0 Å². The molecule has 0 amide bonds. The summed E-state index contributed by atoms with van der Waals surface area (Å²) in [5, 5.41) is 0. The number of nitrogens with zero attached hydrogens (tertiary/aromatic N) is 1. The Morgan fingerprint density at radius 3 is 2.29 bits per heavy atom. The van der Waals surface area contributed by atoms with Gasteiger partial charge in [0.2, 0.25) is 6.79 Å². The van der Waals surface area contributed by atoms with Crippen LogP contribution in [0.15, 0.2) is 48.0 Å². The zero-order chi connectivity index (χ0) is 23.8. The van der Waals surface area contributed by atoms with Crippen molar-refractivity contribution in [2.24, 2.45) is 11.8 Å². The fourth-order valence-corrected chi connectivity index (χ4v) is 5.48. The quantitative estimate of drug-likeness (QED) is 0.636. The molecule has 7 nitrogen and oxygen atoms in total. The first-order valence-electron chi connectivity index (χ1n) is 11.6. The van der Waals surface area contributed by atoms with Crippen LogP contribution in [-0.4, -0.2) is 43.9 Å². The molecular formula is C27H29NO6. The van der Waals surface area contributed by atoms with Crippen LogP contribution in [0.5, 0.6) is 11.5 Å². The first-order chi connectivity index (χ1) is 16.5. The summed E-state index contributed by atoms with van der Waals surface area (Å²) in [4.78, 5) is 27.9. The number of fused-ring (bicyclic) bond motifs is 3. The van der Waals surface area contributed by atoms with E-state index in [0.717, 1.165) is 34.6 Å². The van der Waals surface area contributed by atoms with Crippen molar-refractivity contribution in [3.05, 3.63) is 64.7 Å². The van der Waals surface area contributed by atoms with Gasteiger partial charge < -0.3 is 18.9 Å². The summed E-state index contributed by atoms with van der Waals surface area (Å²) in [5.74, 6) is -0.487. The Bertz CT molecular complexity index is 1140. The summed E-state index contributed by atoms with van der Waals surface area (Å²) in [7, 11) is 2.73. The molecule has 0 fully saturated rings. The number of hydrogen-bond acceptors (Lipinski definition) is 7. The van der Waals surface area contributed by atoms with Gasteiger partial charge >= 0.3 is 11.9 Å². The van der Waals surface area contributed by atoms with E-state index in [2.05, 4.69) is 30.0 Å². The van der Waals surface area contributed by atoms with E-state index < -0.39 is 11.8 Å². The van der Waals surface area contributed by atoms with Gasteiger partial charge in [-0.25, -0.2) is 0 Å². The van der Waals surface area contributed by atoms with E-state index in [1.807, 2.05) is 24.3 Å². The van der Waals surface area contributed by atoms with Gasteiger partial charge in [0.05, 0.1) is 26.1 Å². The van der Waals surface area contributed by atoms with Crippen molar-refractivity contribution in [2.45, 2.75) is 38.9 Å². The lowest BCUT2D eigenvalue weighted by Crippen LogP contribution is -2.39. The third-order valence-electron chi connectivity index (χ3n) is 7.32. The Kier molecular flexibility index (Phi) is 6.04. The second kappa shape index (κ2) is 9.14. The van der Waals surface area contributed by atoms with E-state index in [9.17, 15) is 9.59 Å². The number of hydrogen-bond donors (Lipinski definition) is 0. The number of rotatable bonds is 4. The van der Waals surface area contributed by atoms with Crippen LogP contribution in [-0.2, 0) is 32.2 Å². The number of ether oxygens (including phenoxy) is 4. The molecular weight excluding hydrogens is 434 g/mol. The van der Waals surface area contributed by atoms with Crippen LogP contribution in [0.1, 0.15) is 36.5 Å². The molecule has 5 rings (SSSR count). The van der Waals surface area contributed by atoms with Gasteiger partial charge in [-0.3, -0.25) is 14.5 Å². The van der Waals surface area contributed by atoms with Gasteiger partial charge in [0.25, 0.3) is 0 Å². The summed E-state index contributed by atoms with van der Waals surface area (Å²) in [6.45, 7) is 3.85. The molecule has 178 valence electrons. The van der Waals surface area contributed by atoms with Crippen molar-refractivity contribution in [1.82, 2.24) is 4.90 Å². The molecule has 0 saturated carbocycles. The lowest BCUT2D eigenvalue weighted by Gasteiger charge is -2.36. The van der Waals surface area contributed by atoms with Crippen molar-refractivity contribution in [2.75, 3.05) is 21.0 Å². The molecule has 0 radical (unpaired) electrons. The highest BCUT2D eigenvalue weighted by molar-refractivity contribution is 5.88. The molecule has 0 bridgehead atoms. The first-order valence-corrected chi connectivity index (χ1v) is 11.6. The molecule has 7 heteroatoms. The van der Waals surface area contributed by atoms with Crippen molar-refractivity contribution in [1.29, 1.82) is 0 Å². The van der Waals surface area contributed by atoms with E-state index in [1.54, 1.807) is 0 Å². The van der Waals surface area contributed by atoms with Crippen molar-refractivity contribution < 1.29 is 28.5 Å². The molecule has 2 aromatic carbocycles. The number of methoxy groups -OCH3 is 2. The van der Waals surface area contributed by atoms with Gasteiger partial charge in [-0.1, -0.05) is 30.3 Å². The van der Waals surface area contributed by atoms with Crippen LogP contribution in [0.2, 0.25) is 0 Å². The lowest BCUT2D eigenvalue weighted by molar-refractivity contribution is -0.157. The molecule has 0 aromatic heterocycles. The van der Waals surface area contributed by atoms with Crippen LogP contribution in [0.3, 0.4) is 0 Å². The van der Waals surface area contributed by atoms with Crippen molar-refractivity contribution in [3.8, 4) is 11.5 Å². The molecule has 2 aliphatic heterocycles. The summed E-state index contributed by atoms with van der Waals surface area (Å²) in [5.41, 5.74) is 5.64. The van der Waals surface area contributed by atoms with Gasteiger partial charge in [-0.15, -0.1) is 0 Å². The normalized spacial score (nSPS) is 23.6. The monoisotopic (exact) mass is 463 g/mol. The molecule has 2 aromatic rings. The molecule has 1 aliphatic carbocycles. The van der Waals surface area contributed by atoms with Gasteiger partial charge in [-0.2, -0.15) is 0 Å². The number of esters is 2. The first kappa shape index (κ1) is 22.5. The van der Waals surface area contributed by atoms with Gasteiger partial charge in [0.15, 0.2) is 11.5 Å². The Morgan fingerprint density at radius 2 is 1.62 bits per heavy atom. The van der Waals surface area contributed by atoms with Crippen LogP contribution < -0.4 is 9.47 Å². The largest absolute Gasteiger partial charge is 0.469 e. The molecule has 0 spiro atoms. The topological polar surface area (TPSA) is 74.3 Å². The SMILES string of the molecule is COC(=O)[C@H]1CC2=C(C[C@@H]1C(=O)OC)C(C)N(Cc1ccccc1)Cc1cc3c(cc12)OCO3. The Labute approximate surface area is 199 Å². The second-order valence-electron chi connectivity index (χ2n) is 9.10. The minimum atomic E-state index is -0.595. The standard InChI is InChI=1S/C27H29NO6/c1-16-19-10-22(26(29)31-2)23(27(30)32-3)11-21(19)20-12-25-24(33-15-34-25)9-18(20)14-28(16)13-17-7-5-4-6-8-17/h4-9,12,16,22-23H,10-11,13-15H2,1-3H3/t16?,22-,23-/m0/s1. The van der Waals surface area contributed by atoms with Gasteiger partial charge in [0.1, 0.15) is 0 Å². The smallest absolute Gasteiger partial charge is 0.309 e. The highest BCUT2D eigenvalue weighted by Crippen LogP contribution is 2.48. The fraction of sp³-hybridized carbons (Fsp3) is 0.407. The van der Waals surface area contributed by atoms with Gasteiger partial charge in [0, 0.05) is 19.1 Å². The lowest BCUT2D eigenvalue weighted by atomic mass is 9.72. The molecule has 3 aliphatic rings. The Hall–Kier alpha value is -3.32. The van der Waals surface area contributed by atoms with Crippen LogP contribution in [0.25, 0.3) is 5.57 Å². The molecule has 1 unspecified atom stereocenters. The zero-order valence-electron chi connectivity index (χ0n) is 19.7.